The maximum absolute atomic E-state index is 12.5. The fraction of sp³-hybridized carbons (Fsp3) is 0.217. The summed E-state index contributed by atoms with van der Waals surface area (Å²) in [4.78, 5) is 12.5. The predicted molar refractivity (Wildman–Crippen MR) is 142 cm³/mol. The smallest absolute Gasteiger partial charge is 0.253 e. The Morgan fingerprint density at radius 1 is 1.32 bits per heavy atom. The third-order valence-corrected chi connectivity index (χ3v) is 6.44. The fourth-order valence-corrected chi connectivity index (χ4v) is 4.08. The van der Waals surface area contributed by atoms with Gasteiger partial charge >= 0.3 is 0 Å². The fourth-order valence-electron chi connectivity index (χ4n) is 2.85. The van der Waals surface area contributed by atoms with Crippen LogP contribution < -0.4 is 15.5 Å². The van der Waals surface area contributed by atoms with Gasteiger partial charge in [-0.1, -0.05) is 17.8 Å². The zero-order valence-corrected chi connectivity index (χ0v) is 21.7. The van der Waals surface area contributed by atoms with Gasteiger partial charge in [0.05, 0.1) is 25.1 Å². The van der Waals surface area contributed by atoms with E-state index >= 15 is 0 Å². The second-order valence-corrected chi connectivity index (χ2v) is 9.64. The first kappa shape index (κ1) is 25.6. The van der Waals surface area contributed by atoms with E-state index in [1.165, 1.54) is 31.2 Å². The quantitative estimate of drug-likeness (QED) is 0.101. The van der Waals surface area contributed by atoms with E-state index in [4.69, 9.17) is 4.74 Å². The highest BCUT2D eigenvalue weighted by Crippen LogP contribution is 2.26. The molecule has 0 saturated heterocycles. The first-order chi connectivity index (χ1) is 16.4. The molecule has 0 saturated carbocycles. The number of benzene rings is 2. The van der Waals surface area contributed by atoms with Crippen LogP contribution in [0.4, 0.5) is 5.69 Å². The van der Waals surface area contributed by atoms with Crippen LogP contribution in [0.15, 0.2) is 65.4 Å². The lowest BCUT2D eigenvalue weighted by molar-refractivity contribution is -0.120. The Kier molecular flexibility index (Phi) is 9.33. The lowest BCUT2D eigenvalue weighted by atomic mass is 10.2. The molecule has 1 amide bonds. The molecular weight excluding hydrogens is 567 g/mol. The van der Waals surface area contributed by atoms with Crippen molar-refractivity contribution in [2.75, 3.05) is 12.4 Å². The summed E-state index contributed by atoms with van der Waals surface area (Å²) in [5.41, 5.74) is 4.19. The van der Waals surface area contributed by atoms with Crippen molar-refractivity contribution in [1.29, 1.82) is 0 Å². The number of rotatable bonds is 11. The summed E-state index contributed by atoms with van der Waals surface area (Å²) in [6.07, 6.45) is 3.24. The lowest BCUT2D eigenvalue weighted by Gasteiger charge is -2.12. The topological polar surface area (TPSA) is 114 Å². The monoisotopic (exact) mass is 592 g/mol. The first-order valence-electron chi connectivity index (χ1n) is 10.3. The van der Waals surface area contributed by atoms with E-state index in [0.717, 1.165) is 15.1 Å². The normalized spacial score (nSPS) is 11.9. The number of nitrogens with one attached hydrogen (secondary N) is 2. The number of anilines is 1. The summed E-state index contributed by atoms with van der Waals surface area (Å²) >= 11 is 3.55. The molecule has 2 aromatic carbocycles. The molecule has 0 radical (unpaired) electrons. The number of aromatic nitrogens is 3. The Balaban J connectivity index is 1.60. The molecule has 178 valence electrons. The number of thioether (sulfide) groups is 1. The van der Waals surface area contributed by atoms with Crippen molar-refractivity contribution in [3.05, 3.63) is 70.1 Å². The van der Waals surface area contributed by atoms with Gasteiger partial charge in [-0.3, -0.25) is 4.79 Å². The molecule has 3 aromatic rings. The summed E-state index contributed by atoms with van der Waals surface area (Å²) in [6.45, 7) is 6.60. The Labute approximate surface area is 215 Å². The van der Waals surface area contributed by atoms with Gasteiger partial charge in [-0.05, 0) is 77.5 Å². The molecule has 1 unspecified atom stereocenters. The minimum atomic E-state index is -0.462. The number of hydrazone groups is 1. The van der Waals surface area contributed by atoms with Crippen LogP contribution >= 0.6 is 34.4 Å². The molecule has 0 fully saturated rings. The van der Waals surface area contributed by atoms with Gasteiger partial charge in [0.25, 0.3) is 5.91 Å². The molecule has 9 nitrogen and oxygen atoms in total. The Bertz CT molecular complexity index is 1170. The Morgan fingerprint density at radius 3 is 2.79 bits per heavy atom. The summed E-state index contributed by atoms with van der Waals surface area (Å²) < 4.78 is 8.16. The van der Waals surface area contributed by atoms with Crippen molar-refractivity contribution < 1.29 is 14.6 Å². The molecule has 0 aliphatic rings. The number of carbonyl (C=O) groups excluding carboxylic acids is 1. The van der Waals surface area contributed by atoms with Crippen molar-refractivity contribution >= 4 is 52.2 Å². The average Bonchev–Trinajstić information content (AvgIpc) is 3.20. The third kappa shape index (κ3) is 6.97. The van der Waals surface area contributed by atoms with Crippen molar-refractivity contribution in [2.24, 2.45) is 5.10 Å². The number of nitrogens with zero attached hydrogens (tertiary/aromatic N) is 4. The van der Waals surface area contributed by atoms with Crippen LogP contribution in [-0.2, 0) is 17.9 Å². The number of hydrogen-bond acceptors (Lipinski definition) is 8. The second kappa shape index (κ2) is 12.4. The largest absolute Gasteiger partial charge is 0.504 e. The zero-order valence-electron chi connectivity index (χ0n) is 18.7. The van der Waals surface area contributed by atoms with Gasteiger partial charge in [-0.2, -0.15) is 5.10 Å². The van der Waals surface area contributed by atoms with Crippen molar-refractivity contribution in [3.8, 4) is 11.5 Å². The number of ether oxygens (including phenoxy) is 1. The summed E-state index contributed by atoms with van der Waals surface area (Å²) in [5.74, 6) is 0.824. The van der Waals surface area contributed by atoms with E-state index in [2.05, 4.69) is 55.2 Å². The molecule has 0 spiro atoms. The van der Waals surface area contributed by atoms with Gasteiger partial charge in [0.1, 0.15) is 0 Å². The highest BCUT2D eigenvalue weighted by Gasteiger charge is 2.19. The van der Waals surface area contributed by atoms with E-state index in [-0.39, 0.29) is 11.7 Å². The second-order valence-electron chi connectivity index (χ2n) is 7.08. The van der Waals surface area contributed by atoms with Gasteiger partial charge < -0.3 is 19.7 Å². The minimum absolute atomic E-state index is 0.0328. The number of methoxy groups -OCH3 is 1. The lowest BCUT2D eigenvalue weighted by Crippen LogP contribution is -2.27. The minimum Gasteiger partial charge on any atom is -0.504 e. The van der Waals surface area contributed by atoms with E-state index < -0.39 is 5.25 Å². The molecular formula is C23H25IN6O3S. The highest BCUT2D eigenvalue weighted by molar-refractivity contribution is 14.1. The van der Waals surface area contributed by atoms with Crippen LogP contribution in [0.25, 0.3) is 0 Å². The maximum Gasteiger partial charge on any atom is 0.253 e. The van der Waals surface area contributed by atoms with E-state index in [9.17, 15) is 9.90 Å². The number of allylic oxidation sites excluding steroid dienone is 1. The highest BCUT2D eigenvalue weighted by atomic mass is 127. The van der Waals surface area contributed by atoms with Crippen molar-refractivity contribution in [1.82, 2.24) is 20.2 Å². The number of halogens is 1. The average molecular weight is 592 g/mol. The molecule has 0 aliphatic heterocycles. The van der Waals surface area contributed by atoms with Gasteiger partial charge in [0, 0.05) is 15.8 Å². The predicted octanol–water partition coefficient (Wildman–Crippen LogP) is 4.03. The van der Waals surface area contributed by atoms with Crippen LogP contribution in [0.2, 0.25) is 0 Å². The van der Waals surface area contributed by atoms with Crippen LogP contribution in [0.1, 0.15) is 18.3 Å². The summed E-state index contributed by atoms with van der Waals surface area (Å²) in [5, 5.41) is 25.7. The van der Waals surface area contributed by atoms with Crippen LogP contribution in [-0.4, -0.2) is 44.4 Å². The van der Waals surface area contributed by atoms with Gasteiger partial charge in [-0.15, -0.1) is 16.8 Å². The molecule has 11 heteroatoms. The van der Waals surface area contributed by atoms with Gasteiger partial charge in [-0.25, -0.2) is 5.43 Å². The Hall–Kier alpha value is -3.06. The van der Waals surface area contributed by atoms with Crippen LogP contribution in [0.5, 0.6) is 11.5 Å². The number of amides is 1. The summed E-state index contributed by atoms with van der Waals surface area (Å²) in [7, 11) is 1.46. The van der Waals surface area contributed by atoms with E-state index in [1.54, 1.807) is 25.1 Å². The maximum atomic E-state index is 12.5. The molecule has 0 bridgehead atoms. The zero-order chi connectivity index (χ0) is 24.5. The first-order valence-corrected chi connectivity index (χ1v) is 12.3. The number of aromatic hydroxyl groups is 1. The molecule has 34 heavy (non-hydrogen) atoms. The van der Waals surface area contributed by atoms with Crippen molar-refractivity contribution in [3.63, 3.8) is 0 Å². The standard InChI is InChI=1S/C23H25IN6O3S/c1-4-11-30-21(14-25-18-8-6-17(24)7-9-18)27-29-23(30)34-15(2)22(32)28-26-13-16-5-10-19(31)20(12-16)33-3/h4-10,12-13,15,25,31H,1,11,14H2,2-3H3,(H,28,32). The number of hydrogen-bond donors (Lipinski definition) is 3. The van der Waals surface area contributed by atoms with Crippen LogP contribution in [0, 0.1) is 3.57 Å². The molecule has 3 rings (SSSR count). The summed E-state index contributed by atoms with van der Waals surface area (Å²) in [6, 6.07) is 12.8. The van der Waals surface area contributed by atoms with Gasteiger partial charge in [0.2, 0.25) is 0 Å². The van der Waals surface area contributed by atoms with Crippen molar-refractivity contribution in [2.45, 2.75) is 30.4 Å². The van der Waals surface area contributed by atoms with E-state index in [0.29, 0.717) is 29.6 Å². The SMILES string of the molecule is C=CCn1c(CNc2ccc(I)cc2)nnc1SC(C)C(=O)NN=Cc1ccc(O)c(OC)c1. The van der Waals surface area contributed by atoms with E-state index in [1.807, 2.05) is 28.8 Å². The molecule has 1 aromatic heterocycles. The van der Waals surface area contributed by atoms with Crippen LogP contribution in [0.3, 0.4) is 0 Å². The number of phenols is 1. The Morgan fingerprint density at radius 2 is 2.09 bits per heavy atom. The molecule has 3 N–H and O–H groups in total. The number of phenolic OH excluding ortho intramolecular Hbond substituents is 1. The molecule has 1 heterocycles. The number of carbonyl (C=O) groups is 1. The third-order valence-electron chi connectivity index (χ3n) is 4.64. The molecule has 1 atom stereocenters. The van der Waals surface area contributed by atoms with Gasteiger partial charge in [0.15, 0.2) is 22.5 Å². The molecule has 0 aliphatic carbocycles.